The first kappa shape index (κ1) is 13.2. The molecule has 0 unspecified atom stereocenters. The van der Waals surface area contributed by atoms with Gasteiger partial charge in [0.25, 0.3) is 11.7 Å². The molecular weight excluding hydrogens is 270 g/mol. The number of hydrogen-bond donors (Lipinski definition) is 2. The van der Waals surface area contributed by atoms with Gasteiger partial charge in [-0.25, -0.2) is 9.50 Å². The number of aromatic amines is 1. The Bertz CT molecular complexity index is 802. The fourth-order valence-corrected chi connectivity index (χ4v) is 1.99. The summed E-state index contributed by atoms with van der Waals surface area (Å²) in [4.78, 5) is 20.4. The number of amides is 1. The van der Waals surface area contributed by atoms with Crippen molar-refractivity contribution in [2.75, 3.05) is 5.32 Å². The maximum absolute atomic E-state index is 12.3. The quantitative estimate of drug-likeness (QED) is 0.760. The lowest BCUT2D eigenvalue weighted by Crippen LogP contribution is -2.16. The summed E-state index contributed by atoms with van der Waals surface area (Å²) >= 11 is 0. The molecule has 8 heteroatoms. The maximum atomic E-state index is 12.3. The van der Waals surface area contributed by atoms with E-state index < -0.39 is 0 Å². The largest absolute Gasteiger partial charge is 0.305 e. The van der Waals surface area contributed by atoms with Crippen molar-refractivity contribution in [1.29, 1.82) is 0 Å². The van der Waals surface area contributed by atoms with E-state index in [9.17, 15) is 4.79 Å². The van der Waals surface area contributed by atoms with Gasteiger partial charge in [0.2, 0.25) is 0 Å². The molecule has 0 saturated carbocycles. The van der Waals surface area contributed by atoms with E-state index in [0.717, 1.165) is 5.69 Å². The molecule has 0 aliphatic heterocycles. The molecule has 0 aliphatic rings. The standard InChI is InChI=1S/C13H15N7O/c1-7(2)10-4-11(19-18-10)17-12(21)9-5-14-13-15-6-16-20(13)8(9)3/h4-7H,1-3H3,(H2,17,18,19,21). The Labute approximate surface area is 120 Å². The molecule has 0 aromatic carbocycles. The predicted molar refractivity (Wildman–Crippen MR) is 76.1 cm³/mol. The highest BCUT2D eigenvalue weighted by molar-refractivity contribution is 6.04. The first-order valence-electron chi connectivity index (χ1n) is 6.58. The average molecular weight is 285 g/mol. The monoisotopic (exact) mass is 285 g/mol. The Balaban J connectivity index is 1.87. The lowest BCUT2D eigenvalue weighted by Gasteiger charge is -2.05. The van der Waals surface area contributed by atoms with E-state index in [4.69, 9.17) is 0 Å². The topological polar surface area (TPSA) is 101 Å². The molecule has 3 aromatic rings. The molecule has 3 aromatic heterocycles. The summed E-state index contributed by atoms with van der Waals surface area (Å²) in [6.07, 6.45) is 2.89. The number of H-pyrrole nitrogens is 1. The van der Waals surface area contributed by atoms with E-state index in [-0.39, 0.29) is 5.91 Å². The molecule has 0 saturated heterocycles. The molecular formula is C13H15N7O. The molecule has 21 heavy (non-hydrogen) atoms. The van der Waals surface area contributed by atoms with E-state index in [1.807, 2.05) is 19.9 Å². The van der Waals surface area contributed by atoms with Crippen LogP contribution >= 0.6 is 0 Å². The molecule has 0 atom stereocenters. The van der Waals surface area contributed by atoms with Crippen molar-refractivity contribution in [2.24, 2.45) is 0 Å². The van der Waals surface area contributed by atoms with Crippen molar-refractivity contribution < 1.29 is 4.79 Å². The molecule has 8 nitrogen and oxygen atoms in total. The lowest BCUT2D eigenvalue weighted by molar-refractivity contribution is 0.102. The van der Waals surface area contributed by atoms with Crippen LogP contribution in [0.1, 0.15) is 41.5 Å². The van der Waals surface area contributed by atoms with Gasteiger partial charge in [-0.3, -0.25) is 9.89 Å². The highest BCUT2D eigenvalue weighted by Gasteiger charge is 2.15. The third-order valence-corrected chi connectivity index (χ3v) is 3.25. The van der Waals surface area contributed by atoms with Gasteiger partial charge in [0.05, 0.1) is 11.3 Å². The second kappa shape index (κ2) is 4.97. The van der Waals surface area contributed by atoms with Gasteiger partial charge in [0.1, 0.15) is 6.33 Å². The Morgan fingerprint density at radius 2 is 2.19 bits per heavy atom. The van der Waals surface area contributed by atoms with Crippen LogP contribution in [0.5, 0.6) is 0 Å². The summed E-state index contributed by atoms with van der Waals surface area (Å²) in [5.74, 6) is 0.991. The molecule has 2 N–H and O–H groups in total. The van der Waals surface area contributed by atoms with Crippen molar-refractivity contribution in [2.45, 2.75) is 26.7 Å². The molecule has 3 rings (SSSR count). The van der Waals surface area contributed by atoms with Crippen LogP contribution in [0.2, 0.25) is 0 Å². The first-order chi connectivity index (χ1) is 10.1. The summed E-state index contributed by atoms with van der Waals surface area (Å²) in [6, 6.07) is 1.82. The molecule has 1 amide bonds. The van der Waals surface area contributed by atoms with Gasteiger partial charge in [0, 0.05) is 18.0 Å². The maximum Gasteiger partial charge on any atom is 0.260 e. The summed E-state index contributed by atoms with van der Waals surface area (Å²) < 4.78 is 1.53. The number of aromatic nitrogens is 6. The lowest BCUT2D eigenvalue weighted by atomic mass is 10.1. The Hall–Kier alpha value is -2.77. The van der Waals surface area contributed by atoms with Crippen LogP contribution in [0.15, 0.2) is 18.6 Å². The average Bonchev–Trinajstić information content (AvgIpc) is 3.07. The fraction of sp³-hybridized carbons (Fsp3) is 0.308. The van der Waals surface area contributed by atoms with E-state index in [2.05, 4.69) is 30.6 Å². The third-order valence-electron chi connectivity index (χ3n) is 3.25. The van der Waals surface area contributed by atoms with Crippen LogP contribution in [-0.4, -0.2) is 35.7 Å². The van der Waals surface area contributed by atoms with Crippen molar-refractivity contribution in [1.82, 2.24) is 29.8 Å². The fourth-order valence-electron chi connectivity index (χ4n) is 1.99. The summed E-state index contributed by atoms with van der Waals surface area (Å²) in [7, 11) is 0. The predicted octanol–water partition coefficient (Wildman–Crippen LogP) is 1.53. The van der Waals surface area contributed by atoms with Crippen molar-refractivity contribution in [3.05, 3.63) is 35.5 Å². The van der Waals surface area contributed by atoms with Gasteiger partial charge in [-0.1, -0.05) is 13.8 Å². The summed E-state index contributed by atoms with van der Waals surface area (Å²) in [5, 5.41) is 13.8. The van der Waals surface area contributed by atoms with Gasteiger partial charge < -0.3 is 5.32 Å². The number of rotatable bonds is 3. The zero-order valence-corrected chi connectivity index (χ0v) is 12.0. The van der Waals surface area contributed by atoms with Gasteiger partial charge in [-0.05, 0) is 12.8 Å². The Morgan fingerprint density at radius 1 is 1.38 bits per heavy atom. The molecule has 0 radical (unpaired) electrons. The van der Waals surface area contributed by atoms with E-state index in [1.165, 1.54) is 17.0 Å². The van der Waals surface area contributed by atoms with Crippen molar-refractivity contribution in [3.8, 4) is 0 Å². The smallest absolute Gasteiger partial charge is 0.260 e. The molecule has 0 spiro atoms. The number of nitrogens with zero attached hydrogens (tertiary/aromatic N) is 5. The zero-order chi connectivity index (χ0) is 15.0. The summed E-state index contributed by atoms with van der Waals surface area (Å²) in [5.41, 5.74) is 2.07. The molecule has 3 heterocycles. The normalized spacial score (nSPS) is 11.2. The summed E-state index contributed by atoms with van der Waals surface area (Å²) in [6.45, 7) is 5.89. The van der Waals surface area contributed by atoms with Crippen molar-refractivity contribution in [3.63, 3.8) is 0 Å². The number of nitrogens with one attached hydrogen (secondary N) is 2. The molecule has 0 fully saturated rings. The minimum Gasteiger partial charge on any atom is -0.305 e. The van der Waals surface area contributed by atoms with Gasteiger partial charge in [0.15, 0.2) is 5.82 Å². The number of aryl methyl sites for hydroxylation is 1. The number of hydrogen-bond acceptors (Lipinski definition) is 5. The van der Waals surface area contributed by atoms with Crippen LogP contribution in [-0.2, 0) is 0 Å². The van der Waals surface area contributed by atoms with Crippen LogP contribution in [0.4, 0.5) is 5.82 Å². The zero-order valence-electron chi connectivity index (χ0n) is 12.0. The number of carbonyl (C=O) groups excluding carboxylic acids is 1. The minimum absolute atomic E-state index is 0.279. The van der Waals surface area contributed by atoms with Crippen LogP contribution in [0, 0.1) is 6.92 Å². The van der Waals surface area contributed by atoms with Gasteiger partial charge in [-0.15, -0.1) is 0 Å². The van der Waals surface area contributed by atoms with Gasteiger partial charge in [-0.2, -0.15) is 15.2 Å². The van der Waals surface area contributed by atoms with Crippen molar-refractivity contribution >= 4 is 17.5 Å². The first-order valence-corrected chi connectivity index (χ1v) is 6.58. The molecule has 108 valence electrons. The highest BCUT2D eigenvalue weighted by Crippen LogP contribution is 2.16. The van der Waals surface area contributed by atoms with Gasteiger partial charge >= 0.3 is 0 Å². The van der Waals surface area contributed by atoms with E-state index in [0.29, 0.717) is 28.8 Å². The highest BCUT2D eigenvalue weighted by atomic mass is 16.1. The van der Waals surface area contributed by atoms with E-state index in [1.54, 1.807) is 6.92 Å². The number of fused-ring (bicyclic) bond motifs is 1. The second-order valence-electron chi connectivity index (χ2n) is 5.05. The van der Waals surface area contributed by atoms with Crippen LogP contribution in [0.3, 0.4) is 0 Å². The minimum atomic E-state index is -0.279. The van der Waals surface area contributed by atoms with E-state index >= 15 is 0 Å². The SMILES string of the molecule is Cc1c(C(=O)Nc2cc(C(C)C)[nH]n2)cnc2ncnn12. The third kappa shape index (κ3) is 2.35. The number of carbonyl (C=O) groups is 1. The molecule has 0 aliphatic carbocycles. The van der Waals surface area contributed by atoms with Crippen LogP contribution < -0.4 is 5.32 Å². The second-order valence-corrected chi connectivity index (χ2v) is 5.05. The number of anilines is 1. The Morgan fingerprint density at radius 3 is 2.90 bits per heavy atom. The Kier molecular flexibility index (Phi) is 3.13. The molecule has 0 bridgehead atoms. The van der Waals surface area contributed by atoms with Crippen LogP contribution in [0.25, 0.3) is 5.78 Å².